The number of likely N-dealkylation sites (tertiary alicyclic amines) is 1. The van der Waals surface area contributed by atoms with Gasteiger partial charge in [-0.1, -0.05) is 6.07 Å². The predicted octanol–water partition coefficient (Wildman–Crippen LogP) is 3.31. The van der Waals surface area contributed by atoms with E-state index in [9.17, 15) is 4.79 Å². The highest BCUT2D eigenvalue weighted by Crippen LogP contribution is 2.24. The first-order valence-electron chi connectivity index (χ1n) is 7.75. The van der Waals surface area contributed by atoms with Crippen molar-refractivity contribution in [3.8, 4) is 10.7 Å². The number of carbonyl (C=O) groups excluding carboxylic acids is 1. The maximum absolute atomic E-state index is 11.5. The summed E-state index contributed by atoms with van der Waals surface area (Å²) in [4.78, 5) is 23.6. The molecule has 0 bridgehead atoms. The van der Waals surface area contributed by atoms with Crippen LogP contribution in [0.4, 0.5) is 0 Å². The number of amides is 1. The Morgan fingerprint density at radius 3 is 2.86 bits per heavy atom. The maximum Gasteiger partial charge on any atom is 0.219 e. The minimum absolute atomic E-state index is 0.192. The Balaban J connectivity index is 1.65. The van der Waals surface area contributed by atoms with Gasteiger partial charge >= 0.3 is 0 Å². The molecule has 0 radical (unpaired) electrons. The van der Waals surface area contributed by atoms with E-state index < -0.39 is 0 Å². The molecule has 3 heterocycles. The van der Waals surface area contributed by atoms with Gasteiger partial charge in [0.15, 0.2) is 0 Å². The Hall–Kier alpha value is -1.75. The second-order valence-corrected chi connectivity index (χ2v) is 7.24. The largest absolute Gasteiger partial charge is 0.343 e. The molecule has 3 rings (SSSR count). The Morgan fingerprint density at radius 2 is 2.23 bits per heavy atom. The van der Waals surface area contributed by atoms with Crippen LogP contribution in [0.5, 0.6) is 0 Å². The number of hydrogen-bond donors (Lipinski definition) is 0. The fraction of sp³-hybridized carbons (Fsp3) is 0.471. The van der Waals surface area contributed by atoms with Crippen molar-refractivity contribution in [1.82, 2.24) is 14.9 Å². The van der Waals surface area contributed by atoms with Crippen LogP contribution in [0.3, 0.4) is 0 Å². The lowest BCUT2D eigenvalue weighted by Gasteiger charge is -2.32. The van der Waals surface area contributed by atoms with Crippen molar-refractivity contribution in [3.63, 3.8) is 0 Å². The number of aryl methyl sites for hydroxylation is 1. The topological polar surface area (TPSA) is 46.1 Å². The predicted molar refractivity (Wildman–Crippen MR) is 88.8 cm³/mol. The molecule has 2 aromatic rings. The van der Waals surface area contributed by atoms with Crippen molar-refractivity contribution in [1.29, 1.82) is 0 Å². The number of nitrogens with zero attached hydrogens (tertiary/aromatic N) is 3. The van der Waals surface area contributed by atoms with Gasteiger partial charge in [-0.3, -0.25) is 9.78 Å². The molecular formula is C17H21N3OS. The third-order valence-electron chi connectivity index (χ3n) is 4.15. The molecule has 2 aromatic heterocycles. The van der Waals surface area contributed by atoms with E-state index in [1.807, 2.05) is 17.3 Å². The highest BCUT2D eigenvalue weighted by atomic mass is 32.1. The Labute approximate surface area is 135 Å². The van der Waals surface area contributed by atoms with Gasteiger partial charge in [0.25, 0.3) is 0 Å². The number of rotatable bonds is 3. The summed E-state index contributed by atoms with van der Waals surface area (Å²) < 4.78 is 0. The van der Waals surface area contributed by atoms with E-state index in [1.54, 1.807) is 18.3 Å². The quantitative estimate of drug-likeness (QED) is 0.873. The molecule has 1 aliphatic rings. The minimum Gasteiger partial charge on any atom is -0.343 e. The second kappa shape index (κ2) is 6.57. The average Bonchev–Trinajstić information content (AvgIpc) is 2.95. The van der Waals surface area contributed by atoms with Crippen LogP contribution in [0.25, 0.3) is 10.7 Å². The molecule has 1 atom stereocenters. The van der Waals surface area contributed by atoms with Crippen molar-refractivity contribution in [2.75, 3.05) is 13.1 Å². The summed E-state index contributed by atoms with van der Waals surface area (Å²) in [5.41, 5.74) is 2.18. The summed E-state index contributed by atoms with van der Waals surface area (Å²) in [6.45, 7) is 5.50. The Kier molecular flexibility index (Phi) is 4.52. The van der Waals surface area contributed by atoms with Gasteiger partial charge in [0.1, 0.15) is 5.01 Å². The Bertz CT molecular complexity index is 650. The van der Waals surface area contributed by atoms with Gasteiger partial charge in [-0.25, -0.2) is 4.98 Å². The first-order valence-corrected chi connectivity index (χ1v) is 8.56. The molecule has 1 unspecified atom stereocenters. The van der Waals surface area contributed by atoms with Gasteiger partial charge in [0.2, 0.25) is 5.91 Å². The van der Waals surface area contributed by atoms with Gasteiger partial charge in [0, 0.05) is 37.3 Å². The lowest BCUT2D eigenvalue weighted by molar-refractivity contribution is -0.130. The van der Waals surface area contributed by atoms with Crippen LogP contribution in [0.2, 0.25) is 0 Å². The van der Waals surface area contributed by atoms with Crippen LogP contribution < -0.4 is 0 Å². The molecule has 116 valence electrons. The molecule has 5 heteroatoms. The lowest BCUT2D eigenvalue weighted by Crippen LogP contribution is -2.39. The molecule has 0 aromatic carbocycles. The van der Waals surface area contributed by atoms with Crippen molar-refractivity contribution in [2.45, 2.75) is 33.1 Å². The number of piperidine rings is 1. The fourth-order valence-electron chi connectivity index (χ4n) is 3.00. The third kappa shape index (κ3) is 3.53. The zero-order valence-electron chi connectivity index (χ0n) is 13.1. The van der Waals surface area contributed by atoms with Crippen LogP contribution in [-0.4, -0.2) is 33.9 Å². The molecule has 0 spiro atoms. The van der Waals surface area contributed by atoms with E-state index in [0.29, 0.717) is 5.92 Å². The van der Waals surface area contributed by atoms with Gasteiger partial charge < -0.3 is 4.90 Å². The molecule has 0 aliphatic carbocycles. The second-order valence-electron chi connectivity index (χ2n) is 6.01. The van der Waals surface area contributed by atoms with Gasteiger partial charge in [-0.15, -0.1) is 11.3 Å². The van der Waals surface area contributed by atoms with E-state index >= 15 is 0 Å². The summed E-state index contributed by atoms with van der Waals surface area (Å²) >= 11 is 1.67. The number of hydrogen-bond acceptors (Lipinski definition) is 4. The van der Waals surface area contributed by atoms with E-state index in [-0.39, 0.29) is 5.91 Å². The highest BCUT2D eigenvalue weighted by molar-refractivity contribution is 7.14. The first-order chi connectivity index (χ1) is 10.6. The summed E-state index contributed by atoms with van der Waals surface area (Å²) in [6, 6.07) is 4.20. The molecule has 4 nitrogen and oxygen atoms in total. The SMILES string of the molecule is CC(=O)N1CCCC(Cc2ccc(-c3ncc(C)s3)nc2)C1. The van der Waals surface area contributed by atoms with Gasteiger partial charge in [-0.2, -0.15) is 0 Å². The number of pyridine rings is 1. The van der Waals surface area contributed by atoms with Crippen LogP contribution >= 0.6 is 11.3 Å². The molecular weight excluding hydrogens is 294 g/mol. The number of thiazole rings is 1. The van der Waals surface area contributed by atoms with E-state index in [4.69, 9.17) is 0 Å². The smallest absolute Gasteiger partial charge is 0.219 e. The Morgan fingerprint density at radius 1 is 1.36 bits per heavy atom. The molecule has 1 aliphatic heterocycles. The van der Waals surface area contributed by atoms with Crippen molar-refractivity contribution in [3.05, 3.63) is 35.0 Å². The molecule has 22 heavy (non-hydrogen) atoms. The standard InChI is InChI=1S/C17H21N3OS/c1-12-9-19-17(22-12)16-6-5-14(10-18-16)8-15-4-3-7-20(11-15)13(2)21/h5-6,9-10,15H,3-4,7-8,11H2,1-2H3. The number of aromatic nitrogens is 2. The van der Waals surface area contributed by atoms with Crippen LogP contribution in [0.15, 0.2) is 24.5 Å². The summed E-state index contributed by atoms with van der Waals surface area (Å²) in [5.74, 6) is 0.740. The van der Waals surface area contributed by atoms with Gasteiger partial charge in [0.05, 0.1) is 5.69 Å². The highest BCUT2D eigenvalue weighted by Gasteiger charge is 2.21. The van der Waals surface area contributed by atoms with Crippen LogP contribution in [-0.2, 0) is 11.2 Å². The van der Waals surface area contributed by atoms with E-state index in [1.165, 1.54) is 16.9 Å². The van der Waals surface area contributed by atoms with Crippen molar-refractivity contribution in [2.24, 2.45) is 5.92 Å². The van der Waals surface area contributed by atoms with Crippen molar-refractivity contribution >= 4 is 17.2 Å². The lowest BCUT2D eigenvalue weighted by atomic mass is 9.92. The fourth-order valence-corrected chi connectivity index (χ4v) is 3.74. The third-order valence-corrected chi connectivity index (χ3v) is 5.09. The van der Waals surface area contributed by atoms with Crippen LogP contribution in [0.1, 0.15) is 30.2 Å². The number of carbonyl (C=O) groups is 1. The summed E-state index contributed by atoms with van der Waals surface area (Å²) in [6.07, 6.45) is 7.13. The zero-order valence-corrected chi connectivity index (χ0v) is 13.9. The molecule has 0 N–H and O–H groups in total. The first kappa shape index (κ1) is 15.2. The molecule has 1 saturated heterocycles. The monoisotopic (exact) mass is 315 g/mol. The molecule has 1 amide bonds. The summed E-state index contributed by atoms with van der Waals surface area (Å²) in [5, 5.41) is 0.976. The van der Waals surface area contributed by atoms with Crippen LogP contribution in [0, 0.1) is 12.8 Å². The van der Waals surface area contributed by atoms with E-state index in [2.05, 4.69) is 29.0 Å². The van der Waals surface area contributed by atoms with Gasteiger partial charge in [-0.05, 0) is 43.7 Å². The van der Waals surface area contributed by atoms with Crippen molar-refractivity contribution < 1.29 is 4.79 Å². The molecule has 0 saturated carbocycles. The summed E-state index contributed by atoms with van der Waals surface area (Å²) in [7, 11) is 0. The zero-order chi connectivity index (χ0) is 15.5. The normalized spacial score (nSPS) is 18.5. The molecule has 1 fully saturated rings. The maximum atomic E-state index is 11.5. The van der Waals surface area contributed by atoms with E-state index in [0.717, 1.165) is 36.6 Å². The minimum atomic E-state index is 0.192. The average molecular weight is 315 g/mol.